The molecule has 2 nitrogen and oxygen atoms in total. The van der Waals surface area contributed by atoms with Crippen LogP contribution in [0, 0.1) is 5.92 Å². The molecule has 0 bridgehead atoms. The van der Waals surface area contributed by atoms with Gasteiger partial charge in [0.1, 0.15) is 11.9 Å². The van der Waals surface area contributed by atoms with Crippen LogP contribution in [0.1, 0.15) is 38.6 Å². The maximum Gasteiger partial charge on any atom is 0.146 e. The average Bonchev–Trinajstić information content (AvgIpc) is 2.53. The van der Waals surface area contributed by atoms with Crippen molar-refractivity contribution in [2.24, 2.45) is 5.92 Å². The number of hydrogen-bond donors (Lipinski definition) is 1. The summed E-state index contributed by atoms with van der Waals surface area (Å²) in [7, 11) is 0. The van der Waals surface area contributed by atoms with E-state index in [1.807, 2.05) is 0 Å². The molecule has 0 radical (unpaired) electrons. The normalized spacial score (nSPS) is 13.6. The smallest absolute Gasteiger partial charge is 0.146 e. The van der Waals surface area contributed by atoms with Crippen LogP contribution in [0.15, 0.2) is 21.2 Å². The Labute approximate surface area is 87.1 Å². The molecule has 1 aromatic heterocycles. The largest absolute Gasteiger partial charge is 0.465 e. The molecule has 1 N–H and O–H groups in total. The standard InChI is InChI=1S/C10H15BrO2/c1-3-7(4-2)9(12)10-8(11)5-6-13-10/h5-7,9,12H,3-4H2,1-2H3. The lowest BCUT2D eigenvalue weighted by atomic mass is 9.95. The van der Waals surface area contributed by atoms with E-state index in [1.54, 1.807) is 12.3 Å². The Morgan fingerprint density at radius 2 is 2.08 bits per heavy atom. The van der Waals surface area contributed by atoms with Crippen molar-refractivity contribution in [1.82, 2.24) is 0 Å². The highest BCUT2D eigenvalue weighted by molar-refractivity contribution is 9.10. The highest BCUT2D eigenvalue weighted by Gasteiger charge is 2.22. The second-order valence-electron chi connectivity index (χ2n) is 3.15. The maximum absolute atomic E-state index is 9.93. The van der Waals surface area contributed by atoms with Crippen molar-refractivity contribution in [2.45, 2.75) is 32.8 Å². The van der Waals surface area contributed by atoms with Gasteiger partial charge in [0, 0.05) is 0 Å². The van der Waals surface area contributed by atoms with E-state index in [0.29, 0.717) is 5.76 Å². The molecule has 3 heteroatoms. The molecular formula is C10H15BrO2. The summed E-state index contributed by atoms with van der Waals surface area (Å²) in [6.07, 6.45) is 3.03. The van der Waals surface area contributed by atoms with E-state index in [-0.39, 0.29) is 5.92 Å². The third-order valence-corrected chi connectivity index (χ3v) is 3.06. The van der Waals surface area contributed by atoms with E-state index in [1.165, 1.54) is 0 Å². The minimum atomic E-state index is -0.487. The zero-order valence-electron chi connectivity index (χ0n) is 7.96. The first-order valence-corrected chi connectivity index (χ1v) is 5.40. The molecule has 1 aromatic rings. The third-order valence-electron chi connectivity index (χ3n) is 2.41. The molecule has 74 valence electrons. The van der Waals surface area contributed by atoms with Crippen LogP contribution in [0.3, 0.4) is 0 Å². The summed E-state index contributed by atoms with van der Waals surface area (Å²) in [5.74, 6) is 0.927. The lowest BCUT2D eigenvalue weighted by Gasteiger charge is -2.18. The Morgan fingerprint density at radius 3 is 2.46 bits per heavy atom. The molecule has 0 spiro atoms. The monoisotopic (exact) mass is 246 g/mol. The van der Waals surface area contributed by atoms with Gasteiger partial charge in [-0.15, -0.1) is 0 Å². The Kier molecular flexibility index (Phi) is 4.00. The summed E-state index contributed by atoms with van der Waals surface area (Å²) in [6.45, 7) is 4.16. The van der Waals surface area contributed by atoms with Crippen LogP contribution in [-0.4, -0.2) is 5.11 Å². The van der Waals surface area contributed by atoms with Crippen LogP contribution in [0.2, 0.25) is 0 Å². The number of rotatable bonds is 4. The molecule has 1 unspecified atom stereocenters. The number of furan rings is 1. The molecule has 0 aromatic carbocycles. The van der Waals surface area contributed by atoms with Crippen LogP contribution in [0.5, 0.6) is 0 Å². The molecular weight excluding hydrogens is 232 g/mol. The van der Waals surface area contributed by atoms with Crippen molar-refractivity contribution < 1.29 is 9.52 Å². The van der Waals surface area contributed by atoms with Crippen molar-refractivity contribution in [3.05, 3.63) is 22.6 Å². The molecule has 13 heavy (non-hydrogen) atoms. The van der Waals surface area contributed by atoms with E-state index >= 15 is 0 Å². The topological polar surface area (TPSA) is 33.4 Å². The first-order valence-electron chi connectivity index (χ1n) is 4.61. The highest BCUT2D eigenvalue weighted by atomic mass is 79.9. The zero-order valence-corrected chi connectivity index (χ0v) is 9.54. The third kappa shape index (κ3) is 2.35. The van der Waals surface area contributed by atoms with Crippen molar-refractivity contribution >= 4 is 15.9 Å². The highest BCUT2D eigenvalue weighted by Crippen LogP contribution is 2.32. The van der Waals surface area contributed by atoms with Crippen LogP contribution in [0.25, 0.3) is 0 Å². The molecule has 1 atom stereocenters. The predicted molar refractivity (Wildman–Crippen MR) is 55.4 cm³/mol. The molecule has 1 rings (SSSR count). The van der Waals surface area contributed by atoms with E-state index in [4.69, 9.17) is 4.42 Å². The van der Waals surface area contributed by atoms with Crippen LogP contribution >= 0.6 is 15.9 Å². The number of hydrogen-bond acceptors (Lipinski definition) is 2. The molecule has 0 saturated carbocycles. The lowest BCUT2D eigenvalue weighted by Crippen LogP contribution is -2.10. The van der Waals surface area contributed by atoms with Crippen LogP contribution in [-0.2, 0) is 0 Å². The number of halogens is 1. The first kappa shape index (κ1) is 10.8. The van der Waals surface area contributed by atoms with Gasteiger partial charge in [0.15, 0.2) is 0 Å². The Hall–Kier alpha value is -0.280. The van der Waals surface area contributed by atoms with Crippen molar-refractivity contribution in [3.63, 3.8) is 0 Å². The van der Waals surface area contributed by atoms with Gasteiger partial charge in [0.2, 0.25) is 0 Å². The Bertz CT molecular complexity index is 253. The lowest BCUT2D eigenvalue weighted by molar-refractivity contribution is 0.0806. The second-order valence-corrected chi connectivity index (χ2v) is 4.01. The molecule has 0 amide bonds. The second kappa shape index (κ2) is 4.82. The van der Waals surface area contributed by atoms with Gasteiger partial charge in [-0.25, -0.2) is 0 Å². The summed E-state index contributed by atoms with van der Waals surface area (Å²) >= 11 is 3.34. The van der Waals surface area contributed by atoms with Gasteiger partial charge in [-0.2, -0.15) is 0 Å². The van der Waals surface area contributed by atoms with Gasteiger partial charge >= 0.3 is 0 Å². The van der Waals surface area contributed by atoms with E-state index in [0.717, 1.165) is 17.3 Å². The molecule has 1 heterocycles. The first-order chi connectivity index (χ1) is 6.20. The van der Waals surface area contributed by atoms with Gasteiger partial charge in [-0.1, -0.05) is 26.7 Å². The Balaban J connectivity index is 2.77. The Morgan fingerprint density at radius 1 is 1.46 bits per heavy atom. The van der Waals surface area contributed by atoms with Crippen molar-refractivity contribution in [1.29, 1.82) is 0 Å². The molecule has 0 fully saturated rings. The SMILES string of the molecule is CCC(CC)C(O)c1occc1Br. The summed E-state index contributed by atoms with van der Waals surface area (Å²) in [4.78, 5) is 0. The fourth-order valence-corrected chi connectivity index (χ4v) is 1.90. The molecule has 0 aliphatic carbocycles. The number of aliphatic hydroxyl groups is 1. The van der Waals surface area contributed by atoms with Gasteiger partial charge in [-0.05, 0) is 27.9 Å². The molecule has 0 saturated heterocycles. The van der Waals surface area contributed by atoms with Gasteiger partial charge < -0.3 is 9.52 Å². The fraction of sp³-hybridized carbons (Fsp3) is 0.600. The van der Waals surface area contributed by atoms with Crippen LogP contribution < -0.4 is 0 Å². The van der Waals surface area contributed by atoms with E-state index < -0.39 is 6.10 Å². The van der Waals surface area contributed by atoms with E-state index in [9.17, 15) is 5.11 Å². The summed E-state index contributed by atoms with van der Waals surface area (Å²) in [6, 6.07) is 1.81. The molecule has 0 aliphatic heterocycles. The summed E-state index contributed by atoms with van der Waals surface area (Å²) in [5.41, 5.74) is 0. The fourth-order valence-electron chi connectivity index (χ4n) is 1.47. The van der Waals surface area contributed by atoms with Gasteiger partial charge in [0.05, 0.1) is 10.7 Å². The summed E-state index contributed by atoms with van der Waals surface area (Å²) < 4.78 is 6.07. The zero-order chi connectivity index (χ0) is 9.84. The van der Waals surface area contributed by atoms with Crippen LogP contribution in [0.4, 0.5) is 0 Å². The quantitative estimate of drug-likeness (QED) is 0.883. The minimum Gasteiger partial charge on any atom is -0.465 e. The molecule has 0 aliphatic rings. The van der Waals surface area contributed by atoms with Gasteiger partial charge in [-0.3, -0.25) is 0 Å². The average molecular weight is 247 g/mol. The van der Waals surface area contributed by atoms with Crippen molar-refractivity contribution in [3.8, 4) is 0 Å². The summed E-state index contributed by atoms with van der Waals surface area (Å²) in [5, 5.41) is 9.93. The number of aliphatic hydroxyl groups excluding tert-OH is 1. The maximum atomic E-state index is 9.93. The minimum absolute atomic E-state index is 0.280. The van der Waals surface area contributed by atoms with Crippen molar-refractivity contribution in [2.75, 3.05) is 0 Å². The predicted octanol–water partition coefficient (Wildman–Crippen LogP) is 3.51. The van der Waals surface area contributed by atoms with E-state index in [2.05, 4.69) is 29.8 Å². The van der Waals surface area contributed by atoms with Gasteiger partial charge in [0.25, 0.3) is 0 Å².